The largest absolute Gasteiger partial charge is 0.338 e. The minimum atomic E-state index is -2.98. The van der Waals surface area contributed by atoms with Crippen LogP contribution in [0.5, 0.6) is 0 Å². The Labute approximate surface area is 97.7 Å². The summed E-state index contributed by atoms with van der Waals surface area (Å²) in [4.78, 5) is 0. The zero-order valence-electron chi connectivity index (χ0n) is 10.5. The highest BCUT2D eigenvalue weighted by molar-refractivity contribution is 7.55. The van der Waals surface area contributed by atoms with Crippen LogP contribution in [0.15, 0.2) is 12.2 Å². The molecule has 2 rings (SSSR count). The van der Waals surface area contributed by atoms with Gasteiger partial charge in [0.25, 0.3) is 0 Å². The average Bonchev–Trinajstić information content (AvgIpc) is 2.33. The van der Waals surface area contributed by atoms with Gasteiger partial charge in [-0.3, -0.25) is 13.6 Å². The van der Waals surface area contributed by atoms with Crippen LogP contribution in [0.25, 0.3) is 0 Å². The van der Waals surface area contributed by atoms with E-state index in [1.54, 1.807) is 0 Å². The minimum Gasteiger partial charge on any atom is -0.299 e. The third-order valence-electron chi connectivity index (χ3n) is 3.80. The molecule has 1 unspecified atom stereocenters. The lowest BCUT2D eigenvalue weighted by atomic mass is 9.90. The zero-order valence-corrected chi connectivity index (χ0v) is 11.4. The van der Waals surface area contributed by atoms with E-state index < -0.39 is 18.8 Å². The summed E-state index contributed by atoms with van der Waals surface area (Å²) in [6.07, 6.45) is 7.13. The summed E-state index contributed by atoms with van der Waals surface area (Å²) < 4.78 is 24.2. The van der Waals surface area contributed by atoms with Crippen LogP contribution in [0, 0.1) is 0 Å². The molecule has 0 spiro atoms. The Morgan fingerprint density at radius 1 is 1.19 bits per heavy atom. The first-order chi connectivity index (χ1) is 7.27. The number of hydrogen-bond donors (Lipinski definition) is 0. The SMILES string of the molecule is CC1(C)OP(=O)(C2C=CCCC2)OC1(C)C. The molecule has 4 heteroatoms. The number of hydrogen-bond acceptors (Lipinski definition) is 3. The molecule has 0 aromatic carbocycles. The summed E-state index contributed by atoms with van der Waals surface area (Å²) in [6, 6.07) is 0. The molecule has 1 saturated heterocycles. The monoisotopic (exact) mass is 244 g/mol. The molecule has 1 aliphatic carbocycles. The summed E-state index contributed by atoms with van der Waals surface area (Å²) in [5.41, 5.74) is -1.04. The molecule has 0 radical (unpaired) electrons. The smallest absolute Gasteiger partial charge is 0.299 e. The zero-order chi connectivity index (χ0) is 12.0. The minimum absolute atomic E-state index is 0.0534. The van der Waals surface area contributed by atoms with E-state index in [1.165, 1.54) is 0 Å². The third kappa shape index (κ3) is 1.90. The highest BCUT2D eigenvalue weighted by Gasteiger charge is 2.57. The van der Waals surface area contributed by atoms with Gasteiger partial charge in [-0.2, -0.15) is 0 Å². The van der Waals surface area contributed by atoms with Gasteiger partial charge in [0, 0.05) is 0 Å². The van der Waals surface area contributed by atoms with Crippen LogP contribution in [0.1, 0.15) is 47.0 Å². The molecule has 1 aliphatic heterocycles. The summed E-state index contributed by atoms with van der Waals surface area (Å²) in [5.74, 6) is 0. The maximum atomic E-state index is 12.7. The summed E-state index contributed by atoms with van der Waals surface area (Å²) in [6.45, 7) is 7.77. The van der Waals surface area contributed by atoms with Gasteiger partial charge < -0.3 is 0 Å². The van der Waals surface area contributed by atoms with E-state index in [2.05, 4.69) is 6.08 Å². The average molecular weight is 244 g/mol. The van der Waals surface area contributed by atoms with Crippen molar-refractivity contribution in [3.63, 3.8) is 0 Å². The highest BCUT2D eigenvalue weighted by Crippen LogP contribution is 2.68. The predicted molar refractivity (Wildman–Crippen MR) is 64.7 cm³/mol. The van der Waals surface area contributed by atoms with Crippen molar-refractivity contribution in [2.75, 3.05) is 0 Å². The number of allylic oxidation sites excluding steroid dienone is 2. The molecule has 16 heavy (non-hydrogen) atoms. The maximum Gasteiger partial charge on any atom is 0.338 e. The first-order valence-corrected chi connectivity index (χ1v) is 7.56. The van der Waals surface area contributed by atoms with E-state index in [0.29, 0.717) is 0 Å². The Bertz CT molecular complexity index is 337. The molecule has 0 aromatic heterocycles. The van der Waals surface area contributed by atoms with E-state index in [0.717, 1.165) is 19.3 Å². The van der Waals surface area contributed by atoms with Crippen molar-refractivity contribution in [2.45, 2.75) is 63.8 Å². The van der Waals surface area contributed by atoms with E-state index in [4.69, 9.17) is 9.05 Å². The Hall–Kier alpha value is -0.110. The molecule has 1 fully saturated rings. The lowest BCUT2D eigenvalue weighted by Gasteiger charge is -2.29. The summed E-state index contributed by atoms with van der Waals surface area (Å²) in [5, 5.41) is 0. The standard InChI is InChI=1S/C12H21O3P/c1-11(2)12(3,4)15-16(13,14-11)10-8-6-5-7-9-10/h6,8,10H,5,7,9H2,1-4H3. The van der Waals surface area contributed by atoms with Crippen molar-refractivity contribution in [1.29, 1.82) is 0 Å². The molecule has 1 atom stereocenters. The predicted octanol–water partition coefficient (Wildman–Crippen LogP) is 3.89. The molecule has 92 valence electrons. The van der Waals surface area contributed by atoms with Crippen LogP contribution in [0.4, 0.5) is 0 Å². The first-order valence-electron chi connectivity index (χ1n) is 5.95. The molecular formula is C12H21O3P. The Kier molecular flexibility index (Phi) is 2.85. The normalized spacial score (nSPS) is 35.1. The fourth-order valence-electron chi connectivity index (χ4n) is 2.07. The fraction of sp³-hybridized carbons (Fsp3) is 0.833. The molecule has 0 aromatic rings. The molecule has 3 nitrogen and oxygen atoms in total. The fourth-order valence-corrected chi connectivity index (χ4v) is 4.92. The van der Waals surface area contributed by atoms with Crippen molar-refractivity contribution in [3.05, 3.63) is 12.2 Å². The van der Waals surface area contributed by atoms with Crippen molar-refractivity contribution >= 4 is 7.60 Å². The van der Waals surface area contributed by atoms with Crippen molar-refractivity contribution < 1.29 is 13.6 Å². The molecule has 0 N–H and O–H groups in total. The van der Waals surface area contributed by atoms with Crippen LogP contribution in [0.2, 0.25) is 0 Å². The van der Waals surface area contributed by atoms with E-state index in [1.807, 2.05) is 33.8 Å². The maximum absolute atomic E-state index is 12.7. The summed E-state index contributed by atoms with van der Waals surface area (Å²) in [7, 11) is -2.98. The van der Waals surface area contributed by atoms with Crippen LogP contribution >= 0.6 is 7.60 Å². The van der Waals surface area contributed by atoms with Gasteiger partial charge in [-0.25, -0.2) is 0 Å². The molecular weight excluding hydrogens is 223 g/mol. The van der Waals surface area contributed by atoms with Gasteiger partial charge in [-0.15, -0.1) is 0 Å². The lowest BCUT2D eigenvalue weighted by molar-refractivity contribution is 0.00578. The second-order valence-corrected chi connectivity index (χ2v) is 7.78. The highest BCUT2D eigenvalue weighted by atomic mass is 31.2. The Morgan fingerprint density at radius 2 is 1.75 bits per heavy atom. The molecule has 1 heterocycles. The van der Waals surface area contributed by atoms with Crippen molar-refractivity contribution in [1.82, 2.24) is 0 Å². The second kappa shape index (κ2) is 3.69. The molecule has 0 bridgehead atoms. The third-order valence-corrected chi connectivity index (χ3v) is 6.46. The topological polar surface area (TPSA) is 35.5 Å². The van der Waals surface area contributed by atoms with Gasteiger partial charge in [0.05, 0.1) is 5.66 Å². The molecule has 0 saturated carbocycles. The second-order valence-electron chi connectivity index (χ2n) is 5.67. The van der Waals surface area contributed by atoms with Crippen LogP contribution in [0.3, 0.4) is 0 Å². The van der Waals surface area contributed by atoms with Gasteiger partial charge in [0.15, 0.2) is 0 Å². The first kappa shape index (κ1) is 12.3. The van der Waals surface area contributed by atoms with Gasteiger partial charge in [0.1, 0.15) is 11.2 Å². The van der Waals surface area contributed by atoms with E-state index in [9.17, 15) is 4.57 Å². The van der Waals surface area contributed by atoms with Gasteiger partial charge in [0.2, 0.25) is 0 Å². The van der Waals surface area contributed by atoms with Gasteiger partial charge in [-0.05, 0) is 47.0 Å². The van der Waals surface area contributed by atoms with Crippen LogP contribution in [-0.2, 0) is 13.6 Å². The van der Waals surface area contributed by atoms with Crippen molar-refractivity contribution in [2.24, 2.45) is 0 Å². The molecule has 0 amide bonds. The Balaban J connectivity index is 2.26. The van der Waals surface area contributed by atoms with E-state index in [-0.39, 0.29) is 5.66 Å². The summed E-state index contributed by atoms with van der Waals surface area (Å²) >= 11 is 0. The van der Waals surface area contributed by atoms with Gasteiger partial charge in [-0.1, -0.05) is 12.2 Å². The Morgan fingerprint density at radius 3 is 2.19 bits per heavy atom. The van der Waals surface area contributed by atoms with Gasteiger partial charge >= 0.3 is 7.60 Å². The number of rotatable bonds is 1. The van der Waals surface area contributed by atoms with Crippen molar-refractivity contribution in [3.8, 4) is 0 Å². The quantitative estimate of drug-likeness (QED) is 0.518. The van der Waals surface area contributed by atoms with Crippen LogP contribution in [-0.4, -0.2) is 16.9 Å². The molecule has 2 aliphatic rings. The van der Waals surface area contributed by atoms with Crippen LogP contribution < -0.4 is 0 Å². The lowest BCUT2D eigenvalue weighted by Crippen LogP contribution is -2.41. The van der Waals surface area contributed by atoms with E-state index >= 15 is 0 Å².